The second-order valence-electron chi connectivity index (χ2n) is 6.33. The van der Waals surface area contributed by atoms with Crippen LogP contribution in [-0.4, -0.2) is 31.6 Å². The molecule has 0 bridgehead atoms. The Hall–Kier alpha value is -3.01. The second-order valence-corrected chi connectivity index (χ2v) is 6.33. The first-order valence-electron chi connectivity index (χ1n) is 8.76. The summed E-state index contributed by atoms with van der Waals surface area (Å²) in [6.07, 6.45) is 0.736. The zero-order valence-corrected chi connectivity index (χ0v) is 15.2. The SMILES string of the molecule is COc1ccccc1CCNC(=O)N(C)Cc1ccc2ccccc2c1. The smallest absolute Gasteiger partial charge is 0.317 e. The van der Waals surface area contributed by atoms with Gasteiger partial charge in [0.1, 0.15) is 5.75 Å². The lowest BCUT2D eigenvalue weighted by Crippen LogP contribution is -2.37. The Kier molecular flexibility index (Phi) is 5.74. The number of methoxy groups -OCH3 is 1. The molecule has 2 amide bonds. The number of carbonyl (C=O) groups excluding carboxylic acids is 1. The van der Waals surface area contributed by atoms with E-state index in [0.717, 1.165) is 23.3 Å². The highest BCUT2D eigenvalue weighted by Gasteiger charge is 2.09. The predicted molar refractivity (Wildman–Crippen MR) is 106 cm³/mol. The van der Waals surface area contributed by atoms with Crippen molar-refractivity contribution in [2.75, 3.05) is 20.7 Å². The predicted octanol–water partition coefficient (Wildman–Crippen LogP) is 4.23. The van der Waals surface area contributed by atoms with Crippen LogP contribution in [0, 0.1) is 0 Å². The summed E-state index contributed by atoms with van der Waals surface area (Å²) in [4.78, 5) is 14.0. The van der Waals surface area contributed by atoms with Crippen molar-refractivity contribution in [1.82, 2.24) is 10.2 Å². The van der Waals surface area contributed by atoms with Crippen molar-refractivity contribution in [2.24, 2.45) is 0 Å². The van der Waals surface area contributed by atoms with Gasteiger partial charge in [0.25, 0.3) is 0 Å². The number of hydrogen-bond acceptors (Lipinski definition) is 2. The maximum atomic E-state index is 12.3. The molecule has 0 saturated heterocycles. The summed E-state index contributed by atoms with van der Waals surface area (Å²) < 4.78 is 5.34. The van der Waals surface area contributed by atoms with Gasteiger partial charge in [-0.25, -0.2) is 4.79 Å². The van der Waals surface area contributed by atoms with Gasteiger partial charge in [-0.2, -0.15) is 0 Å². The van der Waals surface area contributed by atoms with E-state index < -0.39 is 0 Å². The van der Waals surface area contributed by atoms with Crippen LogP contribution in [0.1, 0.15) is 11.1 Å². The lowest BCUT2D eigenvalue weighted by molar-refractivity contribution is 0.207. The van der Waals surface area contributed by atoms with Gasteiger partial charge in [0, 0.05) is 20.1 Å². The molecule has 0 fully saturated rings. The van der Waals surface area contributed by atoms with Crippen molar-refractivity contribution in [3.63, 3.8) is 0 Å². The summed E-state index contributed by atoms with van der Waals surface area (Å²) in [5.74, 6) is 0.853. The molecule has 0 radical (unpaired) electrons. The Labute approximate surface area is 154 Å². The fourth-order valence-electron chi connectivity index (χ4n) is 3.03. The van der Waals surface area contributed by atoms with Gasteiger partial charge in [0.2, 0.25) is 0 Å². The highest BCUT2D eigenvalue weighted by Crippen LogP contribution is 2.18. The van der Waals surface area contributed by atoms with Gasteiger partial charge in [-0.15, -0.1) is 0 Å². The van der Waals surface area contributed by atoms with Gasteiger partial charge in [-0.05, 0) is 40.5 Å². The van der Waals surface area contributed by atoms with Crippen molar-refractivity contribution in [3.05, 3.63) is 77.9 Å². The average Bonchev–Trinajstić information content (AvgIpc) is 2.68. The zero-order valence-electron chi connectivity index (χ0n) is 15.2. The molecular weight excluding hydrogens is 324 g/mol. The van der Waals surface area contributed by atoms with Crippen LogP contribution in [0.15, 0.2) is 66.7 Å². The first kappa shape index (κ1) is 17.8. The Morgan fingerprint density at radius 3 is 2.54 bits per heavy atom. The van der Waals surface area contributed by atoms with Gasteiger partial charge in [0.05, 0.1) is 7.11 Å². The van der Waals surface area contributed by atoms with Crippen LogP contribution in [0.25, 0.3) is 10.8 Å². The number of para-hydroxylation sites is 1. The standard InChI is InChI=1S/C22H24N2O2/c1-24(16-17-11-12-18-7-3-4-9-20(18)15-17)22(25)23-14-13-19-8-5-6-10-21(19)26-2/h3-12,15H,13-14,16H2,1-2H3,(H,23,25). The van der Waals surface area contributed by atoms with Gasteiger partial charge in [-0.3, -0.25) is 0 Å². The van der Waals surface area contributed by atoms with Crippen molar-refractivity contribution in [3.8, 4) is 5.75 Å². The maximum Gasteiger partial charge on any atom is 0.317 e. The van der Waals surface area contributed by atoms with Crippen LogP contribution in [0.3, 0.4) is 0 Å². The summed E-state index contributed by atoms with van der Waals surface area (Å²) in [7, 11) is 3.47. The quantitative estimate of drug-likeness (QED) is 0.724. The largest absolute Gasteiger partial charge is 0.496 e. The highest BCUT2D eigenvalue weighted by atomic mass is 16.5. The summed E-state index contributed by atoms with van der Waals surface area (Å²) in [5.41, 5.74) is 2.21. The topological polar surface area (TPSA) is 41.6 Å². The molecular formula is C22H24N2O2. The lowest BCUT2D eigenvalue weighted by Gasteiger charge is -2.18. The monoisotopic (exact) mass is 348 g/mol. The van der Waals surface area contributed by atoms with Crippen LogP contribution in [0.2, 0.25) is 0 Å². The molecule has 0 heterocycles. The van der Waals surface area contributed by atoms with E-state index in [1.54, 1.807) is 12.0 Å². The van der Waals surface area contributed by atoms with E-state index in [4.69, 9.17) is 4.74 Å². The van der Waals surface area contributed by atoms with E-state index in [2.05, 4.69) is 35.6 Å². The van der Waals surface area contributed by atoms with Crippen LogP contribution >= 0.6 is 0 Å². The molecule has 134 valence electrons. The molecule has 0 aliphatic rings. The minimum atomic E-state index is -0.0759. The molecule has 3 rings (SSSR count). The summed E-state index contributed by atoms with van der Waals surface area (Å²) >= 11 is 0. The van der Waals surface area contributed by atoms with Crippen LogP contribution in [0.4, 0.5) is 4.79 Å². The molecule has 0 aromatic heterocycles. The van der Waals surface area contributed by atoms with Gasteiger partial charge in [-0.1, -0.05) is 54.6 Å². The first-order valence-corrected chi connectivity index (χ1v) is 8.76. The Bertz CT molecular complexity index is 892. The number of benzene rings is 3. The molecule has 3 aromatic carbocycles. The molecule has 4 nitrogen and oxygen atoms in total. The number of nitrogens with zero attached hydrogens (tertiary/aromatic N) is 1. The third kappa shape index (κ3) is 4.33. The second kappa shape index (κ2) is 8.39. The van der Waals surface area contributed by atoms with Crippen LogP contribution < -0.4 is 10.1 Å². The van der Waals surface area contributed by atoms with E-state index >= 15 is 0 Å². The fourth-order valence-corrected chi connectivity index (χ4v) is 3.03. The first-order chi connectivity index (χ1) is 12.7. The van der Waals surface area contributed by atoms with Gasteiger partial charge >= 0.3 is 6.03 Å². The van der Waals surface area contributed by atoms with E-state index in [9.17, 15) is 4.79 Å². The number of fused-ring (bicyclic) bond motifs is 1. The van der Waals surface area contributed by atoms with Crippen LogP contribution in [-0.2, 0) is 13.0 Å². The van der Waals surface area contributed by atoms with Gasteiger partial charge < -0.3 is 15.0 Å². The van der Waals surface area contributed by atoms with E-state index in [1.165, 1.54) is 10.8 Å². The van der Waals surface area contributed by atoms with Crippen molar-refractivity contribution >= 4 is 16.8 Å². The minimum absolute atomic E-state index is 0.0759. The third-order valence-electron chi connectivity index (χ3n) is 4.44. The molecule has 0 spiro atoms. The van der Waals surface area contributed by atoms with Crippen molar-refractivity contribution in [1.29, 1.82) is 0 Å². The van der Waals surface area contributed by atoms with E-state index in [-0.39, 0.29) is 6.03 Å². The molecule has 3 aromatic rings. The Morgan fingerprint density at radius 2 is 1.73 bits per heavy atom. The molecule has 0 aliphatic carbocycles. The molecule has 1 N–H and O–H groups in total. The molecule has 0 atom stereocenters. The number of carbonyl (C=O) groups is 1. The summed E-state index contributed by atoms with van der Waals surface area (Å²) in [5, 5.41) is 5.37. The lowest BCUT2D eigenvalue weighted by atomic mass is 10.1. The fraction of sp³-hybridized carbons (Fsp3) is 0.227. The normalized spacial score (nSPS) is 10.5. The molecule has 0 saturated carbocycles. The van der Waals surface area contributed by atoms with Gasteiger partial charge in [0.15, 0.2) is 0 Å². The maximum absolute atomic E-state index is 12.3. The van der Waals surface area contributed by atoms with Crippen molar-refractivity contribution < 1.29 is 9.53 Å². The number of nitrogens with one attached hydrogen (secondary N) is 1. The molecule has 4 heteroatoms. The zero-order chi connectivity index (χ0) is 18.4. The van der Waals surface area contributed by atoms with Crippen LogP contribution in [0.5, 0.6) is 5.75 Å². The minimum Gasteiger partial charge on any atom is -0.496 e. The number of rotatable bonds is 6. The number of amides is 2. The molecule has 26 heavy (non-hydrogen) atoms. The highest BCUT2D eigenvalue weighted by molar-refractivity contribution is 5.83. The molecule has 0 unspecified atom stereocenters. The number of urea groups is 1. The number of hydrogen-bond donors (Lipinski definition) is 1. The third-order valence-corrected chi connectivity index (χ3v) is 4.44. The number of ether oxygens (including phenoxy) is 1. The average molecular weight is 348 g/mol. The van der Waals surface area contributed by atoms with E-state index in [0.29, 0.717) is 13.1 Å². The van der Waals surface area contributed by atoms with E-state index in [1.807, 2.05) is 43.4 Å². The molecule has 0 aliphatic heterocycles. The summed E-state index contributed by atoms with van der Waals surface area (Å²) in [6.45, 7) is 1.15. The Morgan fingerprint density at radius 1 is 1.00 bits per heavy atom. The Balaban J connectivity index is 1.54. The van der Waals surface area contributed by atoms with Crippen molar-refractivity contribution in [2.45, 2.75) is 13.0 Å². The summed E-state index contributed by atoms with van der Waals surface area (Å²) in [6, 6.07) is 22.3.